The Morgan fingerprint density at radius 3 is 2.71 bits per heavy atom. The molecule has 0 aliphatic rings. The van der Waals surface area contributed by atoms with Crippen molar-refractivity contribution in [2.24, 2.45) is 0 Å². The van der Waals surface area contributed by atoms with Crippen LogP contribution in [0.25, 0.3) is 0 Å². The zero-order valence-electron chi connectivity index (χ0n) is 13.6. The van der Waals surface area contributed by atoms with Gasteiger partial charge in [0.15, 0.2) is 0 Å². The van der Waals surface area contributed by atoms with Crippen LogP contribution in [0.5, 0.6) is 5.75 Å². The number of nitrogens with one attached hydrogen (secondary N) is 1. The van der Waals surface area contributed by atoms with Gasteiger partial charge in [-0.15, -0.1) is 11.3 Å². The van der Waals surface area contributed by atoms with E-state index in [1.165, 1.54) is 5.56 Å². The number of phenols is 1. The lowest BCUT2D eigenvalue weighted by molar-refractivity contribution is 0.316. The molecule has 124 valence electrons. The van der Waals surface area contributed by atoms with E-state index in [0.29, 0.717) is 12.3 Å². The highest BCUT2D eigenvalue weighted by Gasteiger charge is 2.04. The summed E-state index contributed by atoms with van der Waals surface area (Å²) in [6.07, 6.45) is 0. The lowest BCUT2D eigenvalue weighted by Crippen LogP contribution is -2.17. The highest BCUT2D eigenvalue weighted by molar-refractivity contribution is 7.07. The maximum Gasteiger partial charge on any atom is 0.115 e. The average Bonchev–Trinajstić information content (AvgIpc) is 3.06. The molecular weight excluding hydrogens is 318 g/mol. The van der Waals surface area contributed by atoms with E-state index in [1.807, 2.05) is 17.6 Å². The van der Waals surface area contributed by atoms with Crippen LogP contribution in [0.3, 0.4) is 0 Å². The summed E-state index contributed by atoms with van der Waals surface area (Å²) in [5, 5.41) is 15.0. The minimum Gasteiger partial charge on any atom is -0.508 e. The summed E-state index contributed by atoms with van der Waals surface area (Å²) >= 11 is 1.63. The van der Waals surface area contributed by atoms with E-state index in [2.05, 4.69) is 51.9 Å². The Labute approximate surface area is 146 Å². The molecule has 1 aromatic heterocycles. The average molecular weight is 339 g/mol. The lowest BCUT2D eigenvalue weighted by atomic mass is 10.1. The molecule has 0 atom stereocenters. The quantitative estimate of drug-likeness (QED) is 0.680. The second-order valence-corrected chi connectivity index (χ2v) is 6.59. The fraction of sp³-hybridized carbons (Fsp3) is 0.211. The first-order valence-electron chi connectivity index (χ1n) is 7.85. The second-order valence-electron chi connectivity index (χ2n) is 5.88. The summed E-state index contributed by atoms with van der Waals surface area (Å²) in [6, 6.07) is 15.7. The Hall–Kier alpha value is -2.37. The molecule has 0 saturated heterocycles. The number of nitrogens with zero attached hydrogens (tertiary/aromatic N) is 2. The summed E-state index contributed by atoms with van der Waals surface area (Å²) in [7, 11) is 2.10. The third-order valence-electron chi connectivity index (χ3n) is 3.70. The van der Waals surface area contributed by atoms with Gasteiger partial charge in [-0.05, 0) is 42.4 Å². The smallest absolute Gasteiger partial charge is 0.115 e. The van der Waals surface area contributed by atoms with Gasteiger partial charge >= 0.3 is 0 Å². The molecule has 0 unspecified atom stereocenters. The number of aromatic nitrogens is 1. The van der Waals surface area contributed by atoms with Gasteiger partial charge in [-0.2, -0.15) is 0 Å². The molecule has 0 saturated carbocycles. The Bertz CT molecular complexity index is 774. The molecular formula is C19H21N3OS. The summed E-state index contributed by atoms with van der Waals surface area (Å²) in [5.74, 6) is 0.298. The fourth-order valence-electron chi connectivity index (χ4n) is 2.61. The Kier molecular flexibility index (Phi) is 5.46. The first-order valence-corrected chi connectivity index (χ1v) is 8.79. The van der Waals surface area contributed by atoms with E-state index < -0.39 is 0 Å². The molecule has 4 nitrogen and oxygen atoms in total. The molecule has 24 heavy (non-hydrogen) atoms. The minimum atomic E-state index is 0.298. The van der Waals surface area contributed by atoms with E-state index in [1.54, 1.807) is 23.5 Å². The molecule has 0 bridgehead atoms. The molecule has 0 aliphatic carbocycles. The number of benzene rings is 2. The van der Waals surface area contributed by atoms with Crippen LogP contribution in [0, 0.1) is 0 Å². The van der Waals surface area contributed by atoms with Crippen LogP contribution in [0.2, 0.25) is 0 Å². The molecule has 0 aliphatic heterocycles. The third kappa shape index (κ3) is 4.81. The van der Waals surface area contributed by atoms with Crippen LogP contribution in [-0.4, -0.2) is 22.0 Å². The molecule has 3 rings (SSSR count). The van der Waals surface area contributed by atoms with Gasteiger partial charge < -0.3 is 10.4 Å². The molecule has 1 heterocycles. The van der Waals surface area contributed by atoms with Crippen LogP contribution >= 0.6 is 11.3 Å². The van der Waals surface area contributed by atoms with Gasteiger partial charge in [-0.1, -0.05) is 24.3 Å². The van der Waals surface area contributed by atoms with Gasteiger partial charge in [0.2, 0.25) is 0 Å². The van der Waals surface area contributed by atoms with Crippen molar-refractivity contribution < 1.29 is 5.11 Å². The Morgan fingerprint density at radius 2 is 1.92 bits per heavy atom. The molecule has 0 amide bonds. The molecule has 5 heteroatoms. The lowest BCUT2D eigenvalue weighted by Gasteiger charge is -2.16. The molecule has 2 N–H and O–H groups in total. The maximum atomic E-state index is 9.52. The molecule has 0 fully saturated rings. The number of hydrogen-bond donors (Lipinski definition) is 2. The van der Waals surface area contributed by atoms with Gasteiger partial charge in [0, 0.05) is 30.7 Å². The van der Waals surface area contributed by atoms with E-state index in [9.17, 15) is 5.11 Å². The van der Waals surface area contributed by atoms with Gasteiger partial charge in [-0.3, -0.25) is 4.90 Å². The number of hydrogen-bond acceptors (Lipinski definition) is 5. The summed E-state index contributed by atoms with van der Waals surface area (Å²) < 4.78 is 0. The number of thiazole rings is 1. The standard InChI is InChI=1S/C19H21N3OS/c1-22(12-18-13-24-14-21-18)11-16-5-2-6-17(8-16)20-10-15-4-3-7-19(23)9-15/h2-9,13-14,20,23H,10-12H2,1H3. The van der Waals surface area contributed by atoms with Gasteiger partial charge in [0.25, 0.3) is 0 Å². The van der Waals surface area contributed by atoms with E-state index in [-0.39, 0.29) is 0 Å². The van der Waals surface area contributed by atoms with Crippen molar-refractivity contribution in [3.63, 3.8) is 0 Å². The minimum absolute atomic E-state index is 0.298. The number of aromatic hydroxyl groups is 1. The van der Waals surface area contributed by atoms with Crippen LogP contribution in [-0.2, 0) is 19.6 Å². The van der Waals surface area contributed by atoms with Crippen LogP contribution in [0.1, 0.15) is 16.8 Å². The summed E-state index contributed by atoms with van der Waals surface area (Å²) in [4.78, 5) is 6.58. The highest BCUT2D eigenvalue weighted by Crippen LogP contribution is 2.16. The van der Waals surface area contributed by atoms with Crippen molar-refractivity contribution in [3.05, 3.63) is 76.2 Å². The zero-order chi connectivity index (χ0) is 16.8. The van der Waals surface area contributed by atoms with Gasteiger partial charge in [-0.25, -0.2) is 4.98 Å². The SMILES string of the molecule is CN(Cc1cccc(NCc2cccc(O)c2)c1)Cc1cscn1. The number of rotatable bonds is 7. The first kappa shape index (κ1) is 16.5. The summed E-state index contributed by atoms with van der Waals surface area (Å²) in [6.45, 7) is 2.41. The van der Waals surface area contributed by atoms with E-state index >= 15 is 0 Å². The molecule has 2 aromatic carbocycles. The van der Waals surface area contributed by atoms with E-state index in [0.717, 1.165) is 30.0 Å². The van der Waals surface area contributed by atoms with Crippen molar-refractivity contribution >= 4 is 17.0 Å². The molecule has 0 radical (unpaired) electrons. The van der Waals surface area contributed by atoms with Crippen LogP contribution < -0.4 is 5.32 Å². The normalized spacial score (nSPS) is 10.9. The largest absolute Gasteiger partial charge is 0.508 e. The van der Waals surface area contributed by atoms with Crippen LogP contribution in [0.15, 0.2) is 59.4 Å². The van der Waals surface area contributed by atoms with Crippen molar-refractivity contribution in [2.45, 2.75) is 19.6 Å². The maximum absolute atomic E-state index is 9.52. The third-order valence-corrected chi connectivity index (χ3v) is 4.34. The Balaban J connectivity index is 1.57. The van der Waals surface area contributed by atoms with Crippen molar-refractivity contribution in [1.29, 1.82) is 0 Å². The summed E-state index contributed by atoms with van der Waals surface area (Å²) in [5.41, 5.74) is 6.38. The van der Waals surface area contributed by atoms with E-state index in [4.69, 9.17) is 0 Å². The first-order chi connectivity index (χ1) is 11.7. The van der Waals surface area contributed by atoms with Crippen molar-refractivity contribution in [3.8, 4) is 5.75 Å². The highest BCUT2D eigenvalue weighted by atomic mass is 32.1. The zero-order valence-corrected chi connectivity index (χ0v) is 14.5. The molecule has 3 aromatic rings. The number of anilines is 1. The predicted octanol–water partition coefficient (Wildman–Crippen LogP) is 4.09. The molecule has 0 spiro atoms. The predicted molar refractivity (Wildman–Crippen MR) is 99.2 cm³/mol. The van der Waals surface area contributed by atoms with Crippen molar-refractivity contribution in [2.75, 3.05) is 12.4 Å². The topological polar surface area (TPSA) is 48.4 Å². The van der Waals surface area contributed by atoms with Crippen LogP contribution in [0.4, 0.5) is 5.69 Å². The van der Waals surface area contributed by atoms with Gasteiger partial charge in [0.05, 0.1) is 11.2 Å². The number of phenolic OH excluding ortho intramolecular Hbond substituents is 1. The second kappa shape index (κ2) is 7.95. The monoisotopic (exact) mass is 339 g/mol. The van der Waals surface area contributed by atoms with Gasteiger partial charge in [0.1, 0.15) is 5.75 Å². The van der Waals surface area contributed by atoms with Crippen molar-refractivity contribution in [1.82, 2.24) is 9.88 Å². The fourth-order valence-corrected chi connectivity index (χ4v) is 3.16. The Morgan fingerprint density at radius 1 is 1.08 bits per heavy atom.